The second kappa shape index (κ2) is 6.09. The number of sulfonamides is 1. The largest absolute Gasteiger partial charge is 0.476 e. The van der Waals surface area contributed by atoms with Crippen LogP contribution in [0.15, 0.2) is 34.7 Å². The molecule has 0 atom stereocenters. The summed E-state index contributed by atoms with van der Waals surface area (Å²) in [4.78, 5) is 27.4. The molecule has 3 rings (SSSR count). The SMILES string of the molecule is O=C(O)c1ncsc1NS(=O)(=O)c1ccc(N2CCOC2=O)cc1. The predicted molar refractivity (Wildman–Crippen MR) is 85.0 cm³/mol. The van der Waals surface area contributed by atoms with Crippen molar-refractivity contribution in [1.29, 1.82) is 0 Å². The van der Waals surface area contributed by atoms with Crippen molar-refractivity contribution >= 4 is 44.1 Å². The third-order valence-electron chi connectivity index (χ3n) is 3.22. The Bertz CT molecular complexity index is 891. The van der Waals surface area contributed by atoms with E-state index in [9.17, 15) is 18.0 Å². The number of carboxylic acid groups (broad SMARTS) is 1. The summed E-state index contributed by atoms with van der Waals surface area (Å²) in [6.07, 6.45) is -0.487. The number of amides is 1. The summed E-state index contributed by atoms with van der Waals surface area (Å²) in [6, 6.07) is 5.60. The zero-order valence-electron chi connectivity index (χ0n) is 12.0. The lowest BCUT2D eigenvalue weighted by Crippen LogP contribution is -2.23. The number of nitrogens with one attached hydrogen (secondary N) is 1. The summed E-state index contributed by atoms with van der Waals surface area (Å²) in [5.74, 6) is -1.32. The number of carboxylic acids is 1. The maximum absolute atomic E-state index is 12.3. The molecule has 1 aliphatic rings. The van der Waals surface area contributed by atoms with Gasteiger partial charge in [0.15, 0.2) is 5.69 Å². The van der Waals surface area contributed by atoms with E-state index in [2.05, 4.69) is 9.71 Å². The molecule has 1 saturated heterocycles. The first-order chi connectivity index (χ1) is 11.4. The number of benzene rings is 1. The Morgan fingerprint density at radius 1 is 1.33 bits per heavy atom. The van der Waals surface area contributed by atoms with E-state index in [1.54, 1.807) is 0 Å². The zero-order valence-corrected chi connectivity index (χ0v) is 13.6. The minimum atomic E-state index is -3.97. The molecule has 126 valence electrons. The first-order valence-corrected chi connectivity index (χ1v) is 8.99. The molecule has 0 saturated carbocycles. The van der Waals surface area contributed by atoms with Crippen LogP contribution >= 0.6 is 11.3 Å². The lowest BCUT2D eigenvalue weighted by molar-refractivity contribution is 0.0692. The number of hydrogen-bond donors (Lipinski definition) is 2. The van der Waals surface area contributed by atoms with E-state index < -0.39 is 22.1 Å². The van der Waals surface area contributed by atoms with Crippen molar-refractivity contribution in [3.05, 3.63) is 35.5 Å². The zero-order chi connectivity index (χ0) is 17.3. The van der Waals surface area contributed by atoms with Crippen LogP contribution in [0.2, 0.25) is 0 Å². The summed E-state index contributed by atoms with van der Waals surface area (Å²) < 4.78 is 31.7. The first kappa shape index (κ1) is 16.2. The van der Waals surface area contributed by atoms with Crippen LogP contribution in [0.5, 0.6) is 0 Å². The summed E-state index contributed by atoms with van der Waals surface area (Å²) in [5, 5.41) is 8.89. The minimum Gasteiger partial charge on any atom is -0.476 e. The molecule has 0 radical (unpaired) electrons. The van der Waals surface area contributed by atoms with Gasteiger partial charge in [-0.05, 0) is 24.3 Å². The lowest BCUT2D eigenvalue weighted by atomic mass is 10.3. The third-order valence-corrected chi connectivity index (χ3v) is 5.45. The highest BCUT2D eigenvalue weighted by atomic mass is 32.2. The maximum atomic E-state index is 12.3. The Morgan fingerprint density at radius 3 is 2.62 bits per heavy atom. The molecule has 1 fully saturated rings. The van der Waals surface area contributed by atoms with Gasteiger partial charge in [0.1, 0.15) is 11.6 Å². The Morgan fingerprint density at radius 2 is 2.04 bits per heavy atom. The van der Waals surface area contributed by atoms with Crippen LogP contribution in [0.1, 0.15) is 10.5 Å². The Hall–Kier alpha value is -2.66. The van der Waals surface area contributed by atoms with Crippen LogP contribution in [0.4, 0.5) is 15.5 Å². The highest BCUT2D eigenvalue weighted by molar-refractivity contribution is 7.93. The summed E-state index contributed by atoms with van der Waals surface area (Å²) in [5.41, 5.74) is 1.39. The summed E-state index contributed by atoms with van der Waals surface area (Å²) in [7, 11) is -3.97. The van der Waals surface area contributed by atoms with Crippen molar-refractivity contribution < 1.29 is 27.9 Å². The number of aromatic nitrogens is 1. The van der Waals surface area contributed by atoms with Crippen LogP contribution < -0.4 is 9.62 Å². The number of rotatable bonds is 5. The van der Waals surface area contributed by atoms with Gasteiger partial charge in [-0.2, -0.15) is 0 Å². The average molecular weight is 369 g/mol. The van der Waals surface area contributed by atoms with Crippen molar-refractivity contribution in [1.82, 2.24) is 4.98 Å². The second-order valence-electron chi connectivity index (χ2n) is 4.70. The first-order valence-electron chi connectivity index (χ1n) is 6.62. The number of aromatic carboxylic acids is 1. The number of carbonyl (C=O) groups excluding carboxylic acids is 1. The van der Waals surface area contributed by atoms with Gasteiger partial charge in [0, 0.05) is 5.69 Å². The quantitative estimate of drug-likeness (QED) is 0.819. The molecule has 2 heterocycles. The lowest BCUT2D eigenvalue weighted by Gasteiger charge is -2.13. The maximum Gasteiger partial charge on any atom is 0.414 e. The summed E-state index contributed by atoms with van der Waals surface area (Å²) in [6.45, 7) is 0.676. The van der Waals surface area contributed by atoms with Gasteiger partial charge in [0.25, 0.3) is 10.0 Å². The van der Waals surface area contributed by atoms with E-state index >= 15 is 0 Å². The number of carbonyl (C=O) groups is 2. The van der Waals surface area contributed by atoms with E-state index in [4.69, 9.17) is 9.84 Å². The number of cyclic esters (lactones) is 1. The minimum absolute atomic E-state index is 0.0662. The van der Waals surface area contributed by atoms with E-state index in [0.717, 1.165) is 11.3 Å². The van der Waals surface area contributed by atoms with Gasteiger partial charge in [0.05, 0.1) is 17.0 Å². The number of thiazole rings is 1. The highest BCUT2D eigenvalue weighted by Gasteiger charge is 2.25. The highest BCUT2D eigenvalue weighted by Crippen LogP contribution is 2.26. The average Bonchev–Trinajstić information content (AvgIpc) is 3.16. The molecule has 24 heavy (non-hydrogen) atoms. The van der Waals surface area contributed by atoms with Crippen molar-refractivity contribution in [2.24, 2.45) is 0 Å². The van der Waals surface area contributed by atoms with Crippen LogP contribution in [-0.2, 0) is 14.8 Å². The fraction of sp³-hybridized carbons (Fsp3) is 0.154. The Labute approximate surface area is 140 Å². The van der Waals surface area contributed by atoms with Crippen molar-refractivity contribution in [2.75, 3.05) is 22.8 Å². The van der Waals surface area contributed by atoms with E-state index in [-0.39, 0.29) is 22.2 Å². The van der Waals surface area contributed by atoms with Gasteiger partial charge in [-0.25, -0.2) is 23.0 Å². The standard InChI is InChI=1S/C13H11N3O6S2/c17-12(18)10-11(23-7-14-10)15-24(20,21)9-3-1-8(2-4-9)16-5-6-22-13(16)19/h1-4,7,15H,5-6H2,(H,17,18). The van der Waals surface area contributed by atoms with Crippen LogP contribution in [0.3, 0.4) is 0 Å². The van der Waals surface area contributed by atoms with Gasteiger partial charge in [-0.3, -0.25) is 9.62 Å². The van der Waals surface area contributed by atoms with E-state index in [1.165, 1.54) is 34.7 Å². The number of ether oxygens (including phenoxy) is 1. The molecule has 1 aromatic carbocycles. The topological polar surface area (TPSA) is 126 Å². The number of anilines is 2. The van der Waals surface area contributed by atoms with Crippen LogP contribution in [0, 0.1) is 0 Å². The van der Waals surface area contributed by atoms with Crippen molar-refractivity contribution in [3.8, 4) is 0 Å². The monoisotopic (exact) mass is 369 g/mol. The van der Waals surface area contributed by atoms with Gasteiger partial charge < -0.3 is 9.84 Å². The molecule has 2 aromatic rings. The van der Waals surface area contributed by atoms with Gasteiger partial charge in [-0.1, -0.05) is 0 Å². The molecular weight excluding hydrogens is 358 g/mol. The Kier molecular flexibility index (Phi) is 4.11. The van der Waals surface area contributed by atoms with Crippen LogP contribution in [0.25, 0.3) is 0 Å². The molecule has 0 spiro atoms. The molecule has 1 aromatic heterocycles. The summed E-state index contributed by atoms with van der Waals surface area (Å²) >= 11 is 0.872. The molecule has 0 bridgehead atoms. The Balaban J connectivity index is 1.83. The number of hydrogen-bond acceptors (Lipinski definition) is 7. The van der Waals surface area contributed by atoms with E-state index in [1.807, 2.05) is 0 Å². The second-order valence-corrected chi connectivity index (χ2v) is 7.24. The van der Waals surface area contributed by atoms with Crippen molar-refractivity contribution in [2.45, 2.75) is 4.90 Å². The molecule has 11 heteroatoms. The fourth-order valence-electron chi connectivity index (χ4n) is 2.09. The van der Waals surface area contributed by atoms with Gasteiger partial charge in [0.2, 0.25) is 0 Å². The molecule has 0 aliphatic carbocycles. The molecular formula is C13H11N3O6S2. The third kappa shape index (κ3) is 3.03. The normalized spacial score (nSPS) is 14.5. The van der Waals surface area contributed by atoms with Gasteiger partial charge in [-0.15, -0.1) is 11.3 Å². The molecule has 1 amide bonds. The molecule has 0 unspecified atom stereocenters. The van der Waals surface area contributed by atoms with E-state index in [0.29, 0.717) is 12.2 Å². The smallest absolute Gasteiger partial charge is 0.414 e. The van der Waals surface area contributed by atoms with Crippen LogP contribution in [-0.4, -0.2) is 43.7 Å². The molecule has 1 aliphatic heterocycles. The fourth-order valence-corrected chi connectivity index (χ4v) is 4.07. The molecule has 2 N–H and O–H groups in total. The van der Waals surface area contributed by atoms with Gasteiger partial charge >= 0.3 is 12.1 Å². The number of nitrogens with zero attached hydrogens (tertiary/aromatic N) is 2. The van der Waals surface area contributed by atoms with Crippen molar-refractivity contribution in [3.63, 3.8) is 0 Å². The predicted octanol–water partition coefficient (Wildman–Crippen LogP) is 1.60. The molecule has 9 nitrogen and oxygen atoms in total.